The second kappa shape index (κ2) is 4.98. The molecule has 0 bridgehead atoms. The molecule has 1 aromatic rings. The highest BCUT2D eigenvalue weighted by atomic mass is 16.1. The fraction of sp³-hybridized carbons (Fsp3) is 0.500. The Hall–Kier alpha value is -2.08. The predicted molar refractivity (Wildman–Crippen MR) is 85.8 cm³/mol. The highest BCUT2D eigenvalue weighted by molar-refractivity contribution is 6.09. The van der Waals surface area contributed by atoms with Crippen molar-refractivity contribution in [3.8, 4) is 0 Å². The van der Waals surface area contributed by atoms with Crippen LogP contribution < -0.4 is 10.9 Å². The molecule has 1 fully saturated rings. The molecule has 0 radical (unpaired) electrons. The lowest BCUT2D eigenvalue weighted by atomic mass is 9.93. The van der Waals surface area contributed by atoms with Crippen molar-refractivity contribution < 1.29 is 0 Å². The second-order valence-electron chi connectivity index (χ2n) is 6.25. The van der Waals surface area contributed by atoms with E-state index in [-0.39, 0.29) is 11.5 Å². The maximum Gasteiger partial charge on any atom is 0.273 e. The Morgan fingerprint density at radius 3 is 2.82 bits per heavy atom. The van der Waals surface area contributed by atoms with Gasteiger partial charge in [0.25, 0.3) is 5.56 Å². The normalized spacial score (nSPS) is 24.3. The Kier molecular flexibility index (Phi) is 3.07. The minimum absolute atomic E-state index is 0.0712. The summed E-state index contributed by atoms with van der Waals surface area (Å²) < 4.78 is 1.87. The molecule has 1 N–H and O–H groups in total. The van der Waals surface area contributed by atoms with Gasteiger partial charge in [-0.3, -0.25) is 4.79 Å². The lowest BCUT2D eigenvalue weighted by Gasteiger charge is -2.24. The van der Waals surface area contributed by atoms with Gasteiger partial charge in [-0.1, -0.05) is 5.57 Å². The zero-order valence-corrected chi connectivity index (χ0v) is 12.8. The van der Waals surface area contributed by atoms with Gasteiger partial charge in [0.05, 0.1) is 5.69 Å². The van der Waals surface area contributed by atoms with Gasteiger partial charge in [-0.05, 0) is 45.9 Å². The van der Waals surface area contributed by atoms with Crippen LogP contribution in [0.5, 0.6) is 0 Å². The monoisotopic (exact) mass is 297 g/mol. The summed E-state index contributed by atoms with van der Waals surface area (Å²) in [5, 5.41) is 8.03. The van der Waals surface area contributed by atoms with Gasteiger partial charge in [0.15, 0.2) is 5.84 Å². The quantitative estimate of drug-likeness (QED) is 0.851. The van der Waals surface area contributed by atoms with Gasteiger partial charge in [0, 0.05) is 17.7 Å². The number of aromatic nitrogens is 2. The molecule has 0 amide bonds. The number of piperidine rings is 1. The number of allylic oxidation sites excluding steroid dienone is 1. The number of dihydropyridines is 1. The Balaban J connectivity index is 1.87. The Bertz CT molecular complexity index is 780. The standard InChI is InChI=1S/C16H19N5O/c1-9-7-10(2)18-15-14(9)16-19-13(22)8-12(21(16)20-15)11-3-5-17-6-4-11/h7-8,11,14,17H,3-6H2,1-2H3. The summed E-state index contributed by atoms with van der Waals surface area (Å²) in [6.07, 6.45) is 4.09. The van der Waals surface area contributed by atoms with Crippen LogP contribution in [0.4, 0.5) is 0 Å². The van der Waals surface area contributed by atoms with Crippen LogP contribution in [-0.4, -0.2) is 34.3 Å². The van der Waals surface area contributed by atoms with Crippen molar-refractivity contribution >= 4 is 11.5 Å². The number of rotatable bonds is 1. The third kappa shape index (κ3) is 2.06. The van der Waals surface area contributed by atoms with E-state index in [1.807, 2.05) is 17.7 Å². The van der Waals surface area contributed by atoms with Gasteiger partial charge in [-0.2, -0.15) is 10.1 Å². The molecule has 6 heteroatoms. The van der Waals surface area contributed by atoms with E-state index in [0.29, 0.717) is 5.92 Å². The first-order chi connectivity index (χ1) is 10.6. The molecule has 0 saturated carbocycles. The van der Waals surface area contributed by atoms with Crippen LogP contribution >= 0.6 is 0 Å². The van der Waals surface area contributed by atoms with Crippen LogP contribution in [0.3, 0.4) is 0 Å². The van der Waals surface area contributed by atoms with E-state index in [2.05, 4.69) is 27.3 Å². The van der Waals surface area contributed by atoms with Gasteiger partial charge in [-0.25, -0.2) is 9.67 Å². The molecule has 114 valence electrons. The van der Waals surface area contributed by atoms with Crippen molar-refractivity contribution in [3.05, 3.63) is 39.6 Å². The lowest BCUT2D eigenvalue weighted by Crippen LogP contribution is -2.29. The smallest absolute Gasteiger partial charge is 0.273 e. The summed E-state index contributed by atoms with van der Waals surface area (Å²) in [6, 6.07) is 1.65. The molecule has 0 aromatic carbocycles. The molecule has 1 atom stereocenters. The Morgan fingerprint density at radius 2 is 2.05 bits per heavy atom. The Labute approximate surface area is 128 Å². The maximum absolute atomic E-state index is 12.1. The molecule has 3 aliphatic heterocycles. The average molecular weight is 297 g/mol. The van der Waals surface area contributed by atoms with E-state index < -0.39 is 0 Å². The van der Waals surface area contributed by atoms with Crippen LogP contribution in [0.2, 0.25) is 0 Å². The number of hydrogen-bond acceptors (Lipinski definition) is 5. The number of aliphatic imine (C=N–C) groups is 1. The lowest BCUT2D eigenvalue weighted by molar-refractivity contribution is 0.439. The molecule has 22 heavy (non-hydrogen) atoms. The van der Waals surface area contributed by atoms with Crippen LogP contribution in [0.15, 0.2) is 32.6 Å². The molecule has 1 unspecified atom stereocenters. The van der Waals surface area contributed by atoms with Crippen LogP contribution in [-0.2, 0) is 0 Å². The molecule has 6 nitrogen and oxygen atoms in total. The molecular weight excluding hydrogens is 278 g/mol. The van der Waals surface area contributed by atoms with Gasteiger partial charge in [0.2, 0.25) is 0 Å². The Morgan fingerprint density at radius 1 is 1.27 bits per heavy atom. The first-order valence-electron chi connectivity index (χ1n) is 7.80. The van der Waals surface area contributed by atoms with Crippen molar-refractivity contribution in [1.82, 2.24) is 15.0 Å². The number of nitrogens with zero attached hydrogens (tertiary/aromatic N) is 4. The number of nitrogens with one attached hydrogen (secondary N) is 1. The molecule has 3 aliphatic rings. The molecule has 1 aromatic heterocycles. The molecular formula is C16H19N5O. The van der Waals surface area contributed by atoms with Crippen LogP contribution in [0.25, 0.3) is 0 Å². The minimum Gasteiger partial charge on any atom is -0.317 e. The third-order valence-corrected chi connectivity index (χ3v) is 4.62. The SMILES string of the molecule is CC1=CC(C)=NC2=Nn3c(C4CCNCC4)cc(=O)nc3C12. The molecule has 4 rings (SSSR count). The molecule has 4 heterocycles. The third-order valence-electron chi connectivity index (χ3n) is 4.62. The first kappa shape index (κ1) is 13.6. The molecule has 1 saturated heterocycles. The summed E-state index contributed by atoms with van der Waals surface area (Å²) in [5.41, 5.74) is 2.91. The second-order valence-corrected chi connectivity index (χ2v) is 6.25. The van der Waals surface area contributed by atoms with E-state index in [0.717, 1.165) is 54.6 Å². The first-order valence-corrected chi connectivity index (χ1v) is 7.80. The zero-order valence-electron chi connectivity index (χ0n) is 12.8. The summed E-state index contributed by atoms with van der Waals surface area (Å²) in [4.78, 5) is 20.9. The van der Waals surface area contributed by atoms with E-state index in [1.54, 1.807) is 6.07 Å². The van der Waals surface area contributed by atoms with Crippen molar-refractivity contribution in [1.29, 1.82) is 0 Å². The van der Waals surface area contributed by atoms with Crippen molar-refractivity contribution in [2.45, 2.75) is 38.5 Å². The minimum atomic E-state index is -0.171. The summed E-state index contributed by atoms with van der Waals surface area (Å²) in [6.45, 7) is 5.98. The van der Waals surface area contributed by atoms with Gasteiger partial charge < -0.3 is 5.32 Å². The molecule has 0 spiro atoms. The van der Waals surface area contributed by atoms with Crippen molar-refractivity contribution in [3.63, 3.8) is 0 Å². The highest BCUT2D eigenvalue weighted by Crippen LogP contribution is 2.35. The summed E-state index contributed by atoms with van der Waals surface area (Å²) in [7, 11) is 0. The van der Waals surface area contributed by atoms with E-state index in [9.17, 15) is 4.79 Å². The predicted octanol–water partition coefficient (Wildman–Crippen LogP) is 1.39. The fourth-order valence-corrected chi connectivity index (χ4v) is 3.61. The van der Waals surface area contributed by atoms with Crippen molar-refractivity contribution in [2.75, 3.05) is 13.1 Å². The fourth-order valence-electron chi connectivity index (χ4n) is 3.61. The number of fused-ring (bicyclic) bond motifs is 3. The largest absolute Gasteiger partial charge is 0.317 e. The highest BCUT2D eigenvalue weighted by Gasteiger charge is 2.35. The van der Waals surface area contributed by atoms with Gasteiger partial charge in [0.1, 0.15) is 11.7 Å². The maximum atomic E-state index is 12.1. The van der Waals surface area contributed by atoms with E-state index in [4.69, 9.17) is 0 Å². The van der Waals surface area contributed by atoms with E-state index >= 15 is 0 Å². The van der Waals surface area contributed by atoms with Crippen LogP contribution in [0, 0.1) is 0 Å². The summed E-state index contributed by atoms with van der Waals surface area (Å²) >= 11 is 0. The summed E-state index contributed by atoms with van der Waals surface area (Å²) in [5.74, 6) is 1.76. The molecule has 0 aliphatic carbocycles. The topological polar surface area (TPSA) is 71.6 Å². The number of amidine groups is 1. The number of hydrogen-bond donors (Lipinski definition) is 1. The van der Waals surface area contributed by atoms with Gasteiger partial charge in [-0.15, -0.1) is 0 Å². The van der Waals surface area contributed by atoms with Crippen LogP contribution in [0.1, 0.15) is 50.0 Å². The van der Waals surface area contributed by atoms with E-state index in [1.165, 1.54) is 0 Å². The van der Waals surface area contributed by atoms with Crippen molar-refractivity contribution in [2.24, 2.45) is 10.1 Å². The van der Waals surface area contributed by atoms with Gasteiger partial charge >= 0.3 is 0 Å². The average Bonchev–Trinajstić information content (AvgIpc) is 2.85. The zero-order chi connectivity index (χ0) is 15.3.